The number of anilines is 1. The lowest BCUT2D eigenvalue weighted by molar-refractivity contribution is -0.436. The Morgan fingerprint density at radius 2 is 1.40 bits per heavy atom. The Hall–Kier alpha value is -4.53. The van der Waals surface area contributed by atoms with E-state index in [0.29, 0.717) is 25.8 Å². The molecule has 0 unspecified atom stereocenters. The van der Waals surface area contributed by atoms with Gasteiger partial charge in [0, 0.05) is 41.1 Å². The monoisotopic (exact) mass is 713 g/mol. The molecule has 6 rings (SSSR count). The first-order valence-corrected chi connectivity index (χ1v) is 20.1. The van der Waals surface area contributed by atoms with Crippen LogP contribution in [-0.4, -0.2) is 55.6 Å². The van der Waals surface area contributed by atoms with E-state index in [1.807, 2.05) is 6.07 Å². The molecule has 4 aromatic carbocycles. The second-order valence-electron chi connectivity index (χ2n) is 15.1. The van der Waals surface area contributed by atoms with Crippen LogP contribution in [0.3, 0.4) is 0 Å². The highest BCUT2D eigenvalue weighted by atomic mass is 32.2. The molecule has 52 heavy (non-hydrogen) atoms. The van der Waals surface area contributed by atoms with E-state index >= 15 is 0 Å². The summed E-state index contributed by atoms with van der Waals surface area (Å²) in [6.45, 7) is 10.6. The Kier molecular flexibility index (Phi) is 10.9. The summed E-state index contributed by atoms with van der Waals surface area (Å²) < 4.78 is 34.6. The van der Waals surface area contributed by atoms with Gasteiger partial charge in [-0.2, -0.15) is 13.0 Å². The van der Waals surface area contributed by atoms with Gasteiger partial charge in [0.1, 0.15) is 6.54 Å². The third-order valence-electron chi connectivity index (χ3n) is 10.7. The van der Waals surface area contributed by atoms with Gasteiger partial charge in [0.05, 0.1) is 27.9 Å². The first-order chi connectivity index (χ1) is 24.8. The van der Waals surface area contributed by atoms with E-state index in [1.165, 1.54) is 49.8 Å². The van der Waals surface area contributed by atoms with Gasteiger partial charge in [-0.05, 0) is 68.0 Å². The minimum Gasteiger partial charge on any atom is -0.343 e. The highest BCUT2D eigenvalue weighted by molar-refractivity contribution is 7.85. The van der Waals surface area contributed by atoms with Crippen LogP contribution in [-0.2, 0) is 25.7 Å². The molecule has 0 spiro atoms. The number of rotatable bonds is 14. The molecule has 2 heterocycles. The number of fused-ring (bicyclic) bond motifs is 6. The molecule has 1 N–H and O–H groups in total. The maximum absolute atomic E-state index is 11.7. The highest BCUT2D eigenvalue weighted by Gasteiger charge is 2.45. The number of benzene rings is 4. The number of unbranched alkanes of at least 4 members (excludes halogenated alkanes) is 2. The van der Waals surface area contributed by atoms with Crippen LogP contribution in [0.25, 0.3) is 21.5 Å². The van der Waals surface area contributed by atoms with Crippen molar-refractivity contribution in [1.29, 1.82) is 0 Å². The number of carbonyl (C=O) groups excluding carboxylic acids is 1. The van der Waals surface area contributed by atoms with E-state index in [0.717, 1.165) is 25.1 Å². The lowest BCUT2D eigenvalue weighted by Gasteiger charge is -2.27. The quantitative estimate of drug-likeness (QED) is 0.0465. The molecule has 0 amide bonds. The van der Waals surface area contributed by atoms with Crippen LogP contribution in [0, 0.1) is 0 Å². The summed E-state index contributed by atoms with van der Waals surface area (Å²) in [5, 5.41) is 4.83. The Labute approximate surface area is 310 Å². The van der Waals surface area contributed by atoms with Crippen LogP contribution >= 0.6 is 0 Å². The zero-order valence-corrected chi connectivity index (χ0v) is 31.9. The van der Waals surface area contributed by atoms with Crippen LogP contribution < -0.4 is 4.90 Å². The molecule has 0 radical (unpaired) electrons. The summed E-state index contributed by atoms with van der Waals surface area (Å²) >= 11 is 0. The number of carbonyl (C=O) groups is 1. The van der Waals surface area contributed by atoms with E-state index in [9.17, 15) is 17.8 Å². The van der Waals surface area contributed by atoms with Gasteiger partial charge < -0.3 is 9.69 Å². The predicted molar refractivity (Wildman–Crippen MR) is 220 cm³/mol. The van der Waals surface area contributed by atoms with Crippen LogP contribution in [0.1, 0.15) is 70.9 Å². The van der Waals surface area contributed by atoms with Crippen molar-refractivity contribution in [2.24, 2.45) is 0 Å². The molecular formula is C44H50BN2O4S+. The van der Waals surface area contributed by atoms with E-state index in [1.54, 1.807) is 7.85 Å². The molecule has 0 fully saturated rings. The molecule has 8 heteroatoms. The fraction of sp³-hybridized carbons (Fsp3) is 0.318. The molecule has 0 aromatic heterocycles. The summed E-state index contributed by atoms with van der Waals surface area (Å²) in [7, 11) is -2.33. The largest absolute Gasteiger partial charge is 0.343 e. The molecular weight excluding hydrogens is 663 g/mol. The summed E-state index contributed by atoms with van der Waals surface area (Å²) in [6, 6.07) is 25.9. The molecule has 268 valence electrons. The second-order valence-corrected chi connectivity index (χ2v) is 16.7. The van der Waals surface area contributed by atoms with Crippen molar-refractivity contribution in [2.45, 2.75) is 70.6 Å². The Bertz CT molecular complexity index is 2280. The van der Waals surface area contributed by atoms with Crippen molar-refractivity contribution in [1.82, 2.24) is 0 Å². The average Bonchev–Trinajstić information content (AvgIpc) is 3.46. The smallest absolute Gasteiger partial charge is 0.264 e. The summed E-state index contributed by atoms with van der Waals surface area (Å²) in [5.74, 6) is -0.236. The highest BCUT2D eigenvalue weighted by Crippen LogP contribution is 2.51. The first kappa shape index (κ1) is 37.2. The normalized spacial score (nSPS) is 17.5. The zero-order valence-electron chi connectivity index (χ0n) is 31.1. The molecule has 0 saturated carbocycles. The lowest BCUT2D eigenvalue weighted by Crippen LogP contribution is -2.27. The van der Waals surface area contributed by atoms with Crippen molar-refractivity contribution >= 4 is 62.3 Å². The fourth-order valence-corrected chi connectivity index (χ4v) is 8.61. The van der Waals surface area contributed by atoms with Crippen molar-refractivity contribution in [2.75, 3.05) is 23.7 Å². The van der Waals surface area contributed by atoms with E-state index in [-0.39, 0.29) is 22.3 Å². The fourth-order valence-electron chi connectivity index (χ4n) is 8.04. The zero-order chi connectivity index (χ0) is 37.1. The Morgan fingerprint density at radius 3 is 2.12 bits per heavy atom. The minimum atomic E-state index is -4.00. The SMILES string of the molecule is BC(=O)CCCC[N+]1=C(/C=C/C=C/C=C/C=C2/N(CCCCS(=O)(=O)O)c3c(ccc4ccccc34)C2(C)C)C(C)(C)c2ccc3ccccc3c21. The maximum Gasteiger partial charge on any atom is 0.264 e. The van der Waals surface area contributed by atoms with Crippen molar-refractivity contribution < 1.29 is 22.3 Å². The number of hydrogen-bond donors (Lipinski definition) is 1. The topological polar surface area (TPSA) is 77.7 Å². The van der Waals surface area contributed by atoms with Gasteiger partial charge in [-0.15, -0.1) is 0 Å². The van der Waals surface area contributed by atoms with E-state index in [4.69, 9.17) is 0 Å². The van der Waals surface area contributed by atoms with Crippen molar-refractivity contribution in [3.63, 3.8) is 0 Å². The number of nitrogens with zero attached hydrogens (tertiary/aromatic N) is 2. The molecule has 0 atom stereocenters. The van der Waals surface area contributed by atoms with Gasteiger partial charge in [0.15, 0.2) is 13.6 Å². The predicted octanol–water partition coefficient (Wildman–Crippen LogP) is 8.72. The third-order valence-corrected chi connectivity index (χ3v) is 11.5. The minimum absolute atomic E-state index is 0.178. The maximum atomic E-state index is 11.7. The number of hydrogen-bond acceptors (Lipinski definition) is 4. The average molecular weight is 714 g/mol. The van der Waals surface area contributed by atoms with Gasteiger partial charge >= 0.3 is 0 Å². The van der Waals surface area contributed by atoms with Crippen LogP contribution in [0.5, 0.6) is 0 Å². The first-order valence-electron chi connectivity index (χ1n) is 18.4. The van der Waals surface area contributed by atoms with Crippen LogP contribution in [0.2, 0.25) is 0 Å². The molecule has 2 aliphatic heterocycles. The lowest BCUT2D eigenvalue weighted by atomic mass is 9.80. The number of allylic oxidation sites excluding steroid dienone is 8. The van der Waals surface area contributed by atoms with Gasteiger partial charge in [-0.25, -0.2) is 0 Å². The third kappa shape index (κ3) is 7.64. The molecule has 0 bridgehead atoms. The van der Waals surface area contributed by atoms with Crippen LogP contribution in [0.15, 0.2) is 121 Å². The Balaban J connectivity index is 1.26. The van der Waals surface area contributed by atoms with E-state index < -0.39 is 10.1 Å². The Morgan fingerprint density at radius 1 is 0.769 bits per heavy atom. The van der Waals surface area contributed by atoms with Gasteiger partial charge in [-0.1, -0.05) is 111 Å². The summed E-state index contributed by atoms with van der Waals surface area (Å²) in [5.41, 5.74) is 7.22. The van der Waals surface area contributed by atoms with Crippen molar-refractivity contribution in [3.05, 3.63) is 132 Å². The van der Waals surface area contributed by atoms with E-state index in [2.05, 4.69) is 146 Å². The van der Waals surface area contributed by atoms with Crippen molar-refractivity contribution in [3.8, 4) is 0 Å². The molecule has 0 saturated heterocycles. The van der Waals surface area contributed by atoms with Crippen LogP contribution in [0.4, 0.5) is 11.4 Å². The molecule has 6 nitrogen and oxygen atoms in total. The molecule has 2 aliphatic rings. The summed E-state index contributed by atoms with van der Waals surface area (Å²) in [4.78, 5) is 14.0. The van der Waals surface area contributed by atoms with Gasteiger partial charge in [0.25, 0.3) is 10.1 Å². The molecule has 0 aliphatic carbocycles. The van der Waals surface area contributed by atoms with Gasteiger partial charge in [-0.3, -0.25) is 4.55 Å². The standard InChI is InChI=1S/C44H49BN2O4S/c1-43(2)36-27-25-32-18-10-12-20-34(32)41(36)46(29-15-14-24-40(45)48)38(43)22-8-6-5-7-9-23-39-44(3,4)37-28-26-33-19-11-13-21-35(33)42(37)47(39)30-16-17-31-52(49,50)51/h5-13,18-23,25-28H,14-17,24,29-31,45H2,1-4H3/p+1. The second kappa shape index (κ2) is 15.2. The summed E-state index contributed by atoms with van der Waals surface area (Å²) in [6.07, 6.45) is 18.2. The van der Waals surface area contributed by atoms with Gasteiger partial charge in [0.2, 0.25) is 5.69 Å². The molecule has 4 aromatic rings.